The van der Waals surface area contributed by atoms with E-state index >= 15 is 0 Å². The summed E-state index contributed by atoms with van der Waals surface area (Å²) in [5.74, 6) is -0.221. The van der Waals surface area contributed by atoms with Crippen molar-refractivity contribution in [2.45, 2.75) is 20.0 Å². The lowest BCUT2D eigenvalue weighted by atomic mass is 10.2. The number of nitrogens with one attached hydrogen (secondary N) is 1. The summed E-state index contributed by atoms with van der Waals surface area (Å²) in [6.45, 7) is 3.82. The maximum Gasteiger partial charge on any atom is 0.255 e. The maximum atomic E-state index is 13.5. The number of ether oxygens (including phenoxy) is 1. The summed E-state index contributed by atoms with van der Waals surface area (Å²) >= 11 is 0. The number of hydrogen-bond acceptors (Lipinski definition) is 2. The van der Waals surface area contributed by atoms with Crippen LogP contribution >= 0.6 is 0 Å². The average Bonchev–Trinajstić information content (AvgIpc) is 2.41. The Morgan fingerprint density at radius 2 is 1.90 bits per heavy atom. The van der Waals surface area contributed by atoms with E-state index in [1.54, 1.807) is 36.4 Å². The van der Waals surface area contributed by atoms with Crippen molar-refractivity contribution in [1.82, 2.24) is 0 Å². The molecule has 104 valence electrons. The molecule has 0 heterocycles. The van der Waals surface area contributed by atoms with Gasteiger partial charge < -0.3 is 10.1 Å². The van der Waals surface area contributed by atoms with E-state index in [0.29, 0.717) is 11.3 Å². The molecule has 1 amide bonds. The van der Waals surface area contributed by atoms with Gasteiger partial charge in [0.05, 0.1) is 11.8 Å². The largest absolute Gasteiger partial charge is 0.491 e. The van der Waals surface area contributed by atoms with Crippen LogP contribution in [0.5, 0.6) is 5.75 Å². The highest BCUT2D eigenvalue weighted by molar-refractivity contribution is 6.04. The van der Waals surface area contributed by atoms with E-state index in [4.69, 9.17) is 4.74 Å². The number of para-hydroxylation sites is 1. The number of carbonyl (C=O) groups excluding carboxylic acids is 1. The van der Waals surface area contributed by atoms with Crippen LogP contribution in [0, 0.1) is 5.82 Å². The second-order valence-electron chi connectivity index (χ2n) is 4.63. The zero-order chi connectivity index (χ0) is 14.5. The number of anilines is 1. The van der Waals surface area contributed by atoms with Gasteiger partial charge in [0.25, 0.3) is 5.91 Å². The van der Waals surface area contributed by atoms with Crippen molar-refractivity contribution < 1.29 is 13.9 Å². The molecule has 0 radical (unpaired) electrons. The molecule has 1 N–H and O–H groups in total. The molecule has 2 aromatic rings. The van der Waals surface area contributed by atoms with Gasteiger partial charge in [0.2, 0.25) is 0 Å². The molecule has 3 nitrogen and oxygen atoms in total. The normalized spacial score (nSPS) is 10.4. The SMILES string of the molecule is CC(C)Oc1cccc(C(=O)Nc2ccccc2F)c1. The Morgan fingerprint density at radius 3 is 2.60 bits per heavy atom. The number of rotatable bonds is 4. The van der Waals surface area contributed by atoms with Gasteiger partial charge in [0, 0.05) is 5.56 Å². The summed E-state index contributed by atoms with van der Waals surface area (Å²) < 4.78 is 19.0. The third-order valence-electron chi connectivity index (χ3n) is 2.59. The van der Waals surface area contributed by atoms with Gasteiger partial charge in [-0.15, -0.1) is 0 Å². The van der Waals surface area contributed by atoms with Gasteiger partial charge >= 0.3 is 0 Å². The molecule has 0 unspecified atom stereocenters. The molecule has 0 fully saturated rings. The highest BCUT2D eigenvalue weighted by Gasteiger charge is 2.10. The highest BCUT2D eigenvalue weighted by Crippen LogP contribution is 2.18. The second-order valence-corrected chi connectivity index (χ2v) is 4.63. The molecule has 0 saturated heterocycles. The molecule has 0 atom stereocenters. The number of halogens is 1. The zero-order valence-electron chi connectivity index (χ0n) is 11.4. The molecule has 2 aromatic carbocycles. The monoisotopic (exact) mass is 273 g/mol. The molecule has 2 rings (SSSR count). The van der Waals surface area contributed by atoms with E-state index in [2.05, 4.69) is 5.32 Å². The Bertz CT molecular complexity index is 611. The lowest BCUT2D eigenvalue weighted by Crippen LogP contribution is -2.13. The van der Waals surface area contributed by atoms with E-state index in [-0.39, 0.29) is 17.7 Å². The molecule has 0 aromatic heterocycles. The van der Waals surface area contributed by atoms with Crippen LogP contribution in [0.25, 0.3) is 0 Å². The van der Waals surface area contributed by atoms with Crippen molar-refractivity contribution in [2.75, 3.05) is 5.32 Å². The molecule has 0 bridgehead atoms. The van der Waals surface area contributed by atoms with Crippen molar-refractivity contribution in [2.24, 2.45) is 0 Å². The van der Waals surface area contributed by atoms with E-state index in [1.165, 1.54) is 12.1 Å². The van der Waals surface area contributed by atoms with Crippen molar-refractivity contribution in [3.63, 3.8) is 0 Å². The van der Waals surface area contributed by atoms with Gasteiger partial charge in [-0.05, 0) is 44.2 Å². The van der Waals surface area contributed by atoms with E-state index in [9.17, 15) is 9.18 Å². The molecule has 0 aliphatic rings. The summed E-state index contributed by atoms with van der Waals surface area (Å²) in [7, 11) is 0. The summed E-state index contributed by atoms with van der Waals surface area (Å²) in [6, 6.07) is 12.8. The predicted molar refractivity (Wildman–Crippen MR) is 76.6 cm³/mol. The fourth-order valence-electron chi connectivity index (χ4n) is 1.74. The van der Waals surface area contributed by atoms with Crippen LogP contribution in [0.2, 0.25) is 0 Å². The minimum atomic E-state index is -0.463. The van der Waals surface area contributed by atoms with Crippen LogP contribution in [0.3, 0.4) is 0 Å². The Hall–Kier alpha value is -2.36. The van der Waals surface area contributed by atoms with Crippen LogP contribution in [0.15, 0.2) is 48.5 Å². The first-order valence-electron chi connectivity index (χ1n) is 6.39. The minimum Gasteiger partial charge on any atom is -0.491 e. The summed E-state index contributed by atoms with van der Waals surface area (Å²) in [6.07, 6.45) is 0.0277. The van der Waals surface area contributed by atoms with Crippen LogP contribution in [-0.2, 0) is 0 Å². The van der Waals surface area contributed by atoms with Gasteiger partial charge in [0.15, 0.2) is 0 Å². The Balaban J connectivity index is 2.15. The fraction of sp³-hybridized carbons (Fsp3) is 0.188. The molecule has 0 aliphatic heterocycles. The Labute approximate surface area is 117 Å². The van der Waals surface area contributed by atoms with Crippen molar-refractivity contribution >= 4 is 11.6 Å². The number of benzene rings is 2. The summed E-state index contributed by atoms with van der Waals surface area (Å²) in [4.78, 5) is 12.1. The van der Waals surface area contributed by atoms with Gasteiger partial charge in [-0.2, -0.15) is 0 Å². The van der Waals surface area contributed by atoms with Gasteiger partial charge in [-0.25, -0.2) is 4.39 Å². The zero-order valence-corrected chi connectivity index (χ0v) is 11.4. The van der Waals surface area contributed by atoms with Crippen LogP contribution < -0.4 is 10.1 Å². The summed E-state index contributed by atoms with van der Waals surface area (Å²) in [5.41, 5.74) is 0.582. The van der Waals surface area contributed by atoms with Crippen molar-refractivity contribution in [3.8, 4) is 5.75 Å². The molecular formula is C16H16FNO2. The molecule has 0 saturated carbocycles. The first-order chi connectivity index (χ1) is 9.56. The number of hydrogen-bond donors (Lipinski definition) is 1. The van der Waals surface area contributed by atoms with Gasteiger partial charge in [-0.3, -0.25) is 4.79 Å². The molecule has 0 aliphatic carbocycles. The van der Waals surface area contributed by atoms with Crippen molar-refractivity contribution in [3.05, 3.63) is 59.9 Å². The van der Waals surface area contributed by atoms with E-state index in [1.807, 2.05) is 13.8 Å². The van der Waals surface area contributed by atoms with E-state index in [0.717, 1.165) is 0 Å². The molecule has 20 heavy (non-hydrogen) atoms. The van der Waals surface area contributed by atoms with Crippen molar-refractivity contribution in [1.29, 1.82) is 0 Å². The highest BCUT2D eigenvalue weighted by atomic mass is 19.1. The predicted octanol–water partition coefficient (Wildman–Crippen LogP) is 3.87. The second kappa shape index (κ2) is 6.19. The standard InChI is InChI=1S/C16H16FNO2/c1-11(2)20-13-7-5-6-12(10-13)16(19)18-15-9-4-3-8-14(15)17/h3-11H,1-2H3,(H,18,19). The van der Waals surface area contributed by atoms with Gasteiger partial charge in [0.1, 0.15) is 11.6 Å². The van der Waals surface area contributed by atoms with E-state index < -0.39 is 5.82 Å². The molecular weight excluding hydrogens is 257 g/mol. The Kier molecular flexibility index (Phi) is 4.35. The third-order valence-corrected chi connectivity index (χ3v) is 2.59. The Morgan fingerprint density at radius 1 is 1.15 bits per heavy atom. The first kappa shape index (κ1) is 14.1. The topological polar surface area (TPSA) is 38.3 Å². The lowest BCUT2D eigenvalue weighted by Gasteiger charge is -2.11. The van der Waals surface area contributed by atoms with Gasteiger partial charge in [-0.1, -0.05) is 18.2 Å². The summed E-state index contributed by atoms with van der Waals surface area (Å²) in [5, 5.41) is 2.54. The minimum absolute atomic E-state index is 0.0277. The quantitative estimate of drug-likeness (QED) is 0.918. The fourth-order valence-corrected chi connectivity index (χ4v) is 1.74. The first-order valence-corrected chi connectivity index (χ1v) is 6.39. The molecule has 0 spiro atoms. The van der Waals surface area contributed by atoms with Crippen LogP contribution in [0.1, 0.15) is 24.2 Å². The molecule has 4 heteroatoms. The van der Waals surface area contributed by atoms with Crippen LogP contribution in [-0.4, -0.2) is 12.0 Å². The number of amides is 1. The lowest BCUT2D eigenvalue weighted by molar-refractivity contribution is 0.102. The third kappa shape index (κ3) is 3.57. The average molecular weight is 273 g/mol. The maximum absolute atomic E-state index is 13.5. The number of carbonyl (C=O) groups is 1. The smallest absolute Gasteiger partial charge is 0.255 e. The van der Waals surface area contributed by atoms with Crippen LogP contribution in [0.4, 0.5) is 10.1 Å².